The highest BCUT2D eigenvalue weighted by Gasteiger charge is 2.17. The van der Waals surface area contributed by atoms with Crippen molar-refractivity contribution >= 4 is 5.96 Å². The molecule has 0 aliphatic carbocycles. The lowest BCUT2D eigenvalue weighted by atomic mass is 10.1. The maximum absolute atomic E-state index is 5.44. The van der Waals surface area contributed by atoms with Gasteiger partial charge in [-0.15, -0.1) is 0 Å². The first-order valence-electron chi connectivity index (χ1n) is 9.40. The second-order valence-electron chi connectivity index (χ2n) is 6.53. The minimum atomic E-state index is 0.188. The van der Waals surface area contributed by atoms with E-state index in [0.717, 1.165) is 30.5 Å². The van der Waals surface area contributed by atoms with E-state index in [2.05, 4.69) is 47.6 Å². The fourth-order valence-electron chi connectivity index (χ4n) is 2.83. The molecule has 0 saturated heterocycles. The Morgan fingerprint density at radius 3 is 2.38 bits per heavy atom. The first kappa shape index (κ1) is 22.1. The van der Waals surface area contributed by atoms with Gasteiger partial charge in [0.2, 0.25) is 0 Å². The van der Waals surface area contributed by atoms with Gasteiger partial charge in [-0.2, -0.15) is 0 Å². The Morgan fingerprint density at radius 1 is 1.08 bits per heavy atom. The second kappa shape index (κ2) is 12.4. The molecule has 1 rings (SSSR count). The first-order valence-corrected chi connectivity index (χ1v) is 9.40. The Hall–Kier alpha value is -1.95. The van der Waals surface area contributed by atoms with Crippen molar-refractivity contribution in [1.29, 1.82) is 0 Å². The molecule has 0 aliphatic heterocycles. The summed E-state index contributed by atoms with van der Waals surface area (Å²) in [6.07, 6.45) is 4.96. The van der Waals surface area contributed by atoms with Crippen LogP contribution in [0.4, 0.5) is 0 Å². The third kappa shape index (κ3) is 7.12. The highest BCUT2D eigenvalue weighted by Crippen LogP contribution is 2.31. The average Bonchev–Trinajstić information content (AvgIpc) is 2.65. The van der Waals surface area contributed by atoms with Gasteiger partial charge >= 0.3 is 0 Å². The lowest BCUT2D eigenvalue weighted by Gasteiger charge is -2.26. The minimum Gasteiger partial charge on any atom is -0.493 e. The summed E-state index contributed by atoms with van der Waals surface area (Å²) in [5.41, 5.74) is 1.17. The fraction of sp³-hybridized carbons (Fsp3) is 0.650. The number of likely N-dealkylation sites (N-methyl/N-ethyl adjacent to an activating group) is 1. The van der Waals surface area contributed by atoms with Crippen LogP contribution < -0.4 is 20.1 Å². The number of hydrogen-bond acceptors (Lipinski definition) is 4. The van der Waals surface area contributed by atoms with Crippen molar-refractivity contribution < 1.29 is 9.47 Å². The summed E-state index contributed by atoms with van der Waals surface area (Å²) >= 11 is 0. The molecule has 0 spiro atoms. The molecule has 26 heavy (non-hydrogen) atoms. The number of ether oxygens (including phenoxy) is 2. The quantitative estimate of drug-likeness (QED) is 0.359. The van der Waals surface area contributed by atoms with Gasteiger partial charge in [0.15, 0.2) is 17.5 Å². The summed E-state index contributed by atoms with van der Waals surface area (Å²) in [6.45, 7) is 3.92. The van der Waals surface area contributed by atoms with Crippen molar-refractivity contribution in [3.63, 3.8) is 0 Å². The van der Waals surface area contributed by atoms with Gasteiger partial charge in [-0.3, -0.25) is 4.99 Å². The zero-order chi connectivity index (χ0) is 19.4. The highest BCUT2D eigenvalue weighted by atomic mass is 16.5. The van der Waals surface area contributed by atoms with Crippen molar-refractivity contribution in [2.75, 3.05) is 48.5 Å². The summed E-state index contributed by atoms with van der Waals surface area (Å²) in [7, 11) is 9.27. The predicted molar refractivity (Wildman–Crippen MR) is 109 cm³/mol. The monoisotopic (exact) mass is 364 g/mol. The lowest BCUT2D eigenvalue weighted by Crippen LogP contribution is -2.42. The molecule has 0 fully saturated rings. The summed E-state index contributed by atoms with van der Waals surface area (Å²) < 4.78 is 10.8. The van der Waals surface area contributed by atoms with E-state index < -0.39 is 0 Å². The van der Waals surface area contributed by atoms with Gasteiger partial charge < -0.3 is 25.0 Å². The molecule has 0 heterocycles. The highest BCUT2D eigenvalue weighted by molar-refractivity contribution is 5.79. The summed E-state index contributed by atoms with van der Waals surface area (Å²) in [5, 5.41) is 6.82. The zero-order valence-corrected chi connectivity index (χ0v) is 17.3. The first-order chi connectivity index (χ1) is 12.6. The number of nitrogens with zero attached hydrogens (tertiary/aromatic N) is 2. The molecule has 0 amide bonds. The molecule has 1 aromatic carbocycles. The number of benzene rings is 1. The van der Waals surface area contributed by atoms with Gasteiger partial charge in [0.05, 0.1) is 20.3 Å². The van der Waals surface area contributed by atoms with Crippen LogP contribution in [0.25, 0.3) is 0 Å². The Morgan fingerprint density at radius 2 is 1.81 bits per heavy atom. The van der Waals surface area contributed by atoms with Crippen LogP contribution in [-0.2, 0) is 0 Å². The number of hydrogen-bond donors (Lipinski definition) is 2. The van der Waals surface area contributed by atoms with Crippen molar-refractivity contribution in [2.45, 2.75) is 38.6 Å². The SMILES string of the molecule is CCCCCCNC(=NC)NCC(c1ccc(OC)c(OC)c1)N(C)C. The standard InChI is InChI=1S/C20H36N4O2/c1-7-8-9-10-13-22-20(21-2)23-15-17(24(3)4)16-11-12-18(25-5)19(14-16)26-6/h11-12,14,17H,7-10,13,15H2,1-6H3,(H2,21,22,23). The molecule has 148 valence electrons. The Bertz CT molecular complexity index is 547. The van der Waals surface area contributed by atoms with Crippen molar-refractivity contribution in [2.24, 2.45) is 4.99 Å². The Kier molecular flexibility index (Phi) is 10.5. The van der Waals surface area contributed by atoms with Crippen LogP contribution in [0.5, 0.6) is 11.5 Å². The zero-order valence-electron chi connectivity index (χ0n) is 17.3. The van der Waals surface area contributed by atoms with Crippen LogP contribution in [0, 0.1) is 0 Å². The molecule has 1 atom stereocenters. The molecule has 0 bridgehead atoms. The van der Waals surface area contributed by atoms with Crippen molar-refractivity contribution in [1.82, 2.24) is 15.5 Å². The van der Waals surface area contributed by atoms with Gasteiger partial charge in [0.1, 0.15) is 0 Å². The molecule has 6 heteroatoms. The van der Waals surface area contributed by atoms with Gasteiger partial charge in [-0.1, -0.05) is 32.3 Å². The van der Waals surface area contributed by atoms with Crippen LogP contribution in [-0.4, -0.2) is 59.3 Å². The summed E-state index contributed by atoms with van der Waals surface area (Å²) in [4.78, 5) is 6.51. The van der Waals surface area contributed by atoms with Gasteiger partial charge in [-0.25, -0.2) is 0 Å². The fourth-order valence-corrected chi connectivity index (χ4v) is 2.83. The molecule has 0 aromatic heterocycles. The van der Waals surface area contributed by atoms with Gasteiger partial charge in [-0.05, 0) is 38.2 Å². The maximum atomic E-state index is 5.44. The van der Waals surface area contributed by atoms with E-state index in [4.69, 9.17) is 9.47 Å². The van der Waals surface area contributed by atoms with Crippen LogP contribution in [0.1, 0.15) is 44.2 Å². The summed E-state index contributed by atoms with van der Waals surface area (Å²) in [5.74, 6) is 2.33. The van der Waals surface area contributed by atoms with Gasteiger partial charge in [0, 0.05) is 20.1 Å². The van der Waals surface area contributed by atoms with E-state index in [-0.39, 0.29) is 6.04 Å². The Balaban J connectivity index is 2.67. The van der Waals surface area contributed by atoms with Crippen LogP contribution in [0.3, 0.4) is 0 Å². The largest absolute Gasteiger partial charge is 0.493 e. The lowest BCUT2D eigenvalue weighted by molar-refractivity contribution is 0.295. The van der Waals surface area contributed by atoms with E-state index in [9.17, 15) is 0 Å². The Labute approximate surface area is 159 Å². The van der Waals surface area contributed by atoms with Crippen molar-refractivity contribution in [3.8, 4) is 11.5 Å². The van der Waals surface area contributed by atoms with E-state index in [1.54, 1.807) is 14.2 Å². The van der Waals surface area contributed by atoms with E-state index in [0.29, 0.717) is 0 Å². The van der Waals surface area contributed by atoms with Crippen LogP contribution >= 0.6 is 0 Å². The minimum absolute atomic E-state index is 0.188. The molecule has 0 radical (unpaired) electrons. The molecule has 1 unspecified atom stereocenters. The van der Waals surface area contributed by atoms with Crippen LogP contribution in [0.15, 0.2) is 23.2 Å². The van der Waals surface area contributed by atoms with Gasteiger partial charge in [0.25, 0.3) is 0 Å². The molecule has 0 aliphatic rings. The topological polar surface area (TPSA) is 58.1 Å². The third-order valence-electron chi connectivity index (χ3n) is 4.42. The number of unbranched alkanes of at least 4 members (excludes halogenated alkanes) is 3. The van der Waals surface area contributed by atoms with Crippen LogP contribution in [0.2, 0.25) is 0 Å². The average molecular weight is 365 g/mol. The number of nitrogens with one attached hydrogen (secondary N) is 2. The molecular weight excluding hydrogens is 328 g/mol. The third-order valence-corrected chi connectivity index (χ3v) is 4.42. The van der Waals surface area contributed by atoms with Crippen molar-refractivity contribution in [3.05, 3.63) is 23.8 Å². The molecular formula is C20H36N4O2. The van der Waals surface area contributed by atoms with E-state index >= 15 is 0 Å². The second-order valence-corrected chi connectivity index (χ2v) is 6.53. The summed E-state index contributed by atoms with van der Waals surface area (Å²) in [6, 6.07) is 6.25. The number of methoxy groups -OCH3 is 2. The molecule has 6 nitrogen and oxygen atoms in total. The molecule has 1 aromatic rings. The molecule has 0 saturated carbocycles. The number of rotatable bonds is 11. The van der Waals surface area contributed by atoms with E-state index in [1.807, 2.05) is 19.2 Å². The van der Waals surface area contributed by atoms with E-state index in [1.165, 1.54) is 31.2 Å². The molecule has 2 N–H and O–H groups in total. The maximum Gasteiger partial charge on any atom is 0.191 e. The number of aliphatic imine (C=N–C) groups is 1. The smallest absolute Gasteiger partial charge is 0.191 e. The predicted octanol–water partition coefficient (Wildman–Crippen LogP) is 3.05. The number of guanidine groups is 1. The normalized spacial score (nSPS) is 12.8.